The number of amides is 1. The highest BCUT2D eigenvalue weighted by molar-refractivity contribution is 7.18. The lowest BCUT2D eigenvalue weighted by atomic mass is 9.92. The van der Waals surface area contributed by atoms with Crippen LogP contribution in [-0.4, -0.2) is 35.4 Å². The maximum atomic E-state index is 12.2. The molecule has 1 aromatic rings. The lowest BCUT2D eigenvalue weighted by molar-refractivity contribution is 0.0658. The Labute approximate surface area is 105 Å². The number of anilines is 2. The van der Waals surface area contributed by atoms with Crippen LogP contribution in [0.4, 0.5) is 10.9 Å². The number of nitrogens with one attached hydrogen (secondary N) is 1. The van der Waals surface area contributed by atoms with Crippen molar-refractivity contribution in [2.45, 2.75) is 32.2 Å². The molecule has 0 unspecified atom stereocenters. The third kappa shape index (κ3) is 2.36. The Bertz CT molecular complexity index is 414. The van der Waals surface area contributed by atoms with E-state index in [1.165, 1.54) is 17.8 Å². The van der Waals surface area contributed by atoms with Gasteiger partial charge in [0.2, 0.25) is 0 Å². The second kappa shape index (κ2) is 4.91. The van der Waals surface area contributed by atoms with E-state index in [1.807, 2.05) is 14.0 Å². The van der Waals surface area contributed by atoms with Gasteiger partial charge in [0.05, 0.1) is 0 Å². The van der Waals surface area contributed by atoms with Gasteiger partial charge in [-0.2, -0.15) is 0 Å². The normalized spacial score (nSPS) is 15.4. The molecule has 94 valence electrons. The SMILES string of the molecule is CCNc1nc(N)c(C(=O)N(C)C2CCC2)s1. The number of nitrogens with zero attached hydrogens (tertiary/aromatic N) is 2. The van der Waals surface area contributed by atoms with Crippen LogP contribution in [0.2, 0.25) is 0 Å². The summed E-state index contributed by atoms with van der Waals surface area (Å²) in [5.41, 5.74) is 5.78. The highest BCUT2D eigenvalue weighted by atomic mass is 32.1. The Hall–Kier alpha value is -1.30. The van der Waals surface area contributed by atoms with Crippen molar-refractivity contribution in [1.29, 1.82) is 0 Å². The van der Waals surface area contributed by atoms with Crippen LogP contribution in [0.25, 0.3) is 0 Å². The molecular weight excluding hydrogens is 236 g/mol. The molecule has 2 rings (SSSR count). The largest absolute Gasteiger partial charge is 0.382 e. The number of hydrogen-bond donors (Lipinski definition) is 2. The average Bonchev–Trinajstić information content (AvgIpc) is 2.56. The lowest BCUT2D eigenvalue weighted by Crippen LogP contribution is -2.41. The number of carbonyl (C=O) groups excluding carboxylic acids is 1. The summed E-state index contributed by atoms with van der Waals surface area (Å²) in [5.74, 6) is 0.330. The fourth-order valence-electron chi connectivity index (χ4n) is 1.81. The summed E-state index contributed by atoms with van der Waals surface area (Å²) in [6, 6.07) is 0.381. The van der Waals surface area contributed by atoms with Crippen molar-refractivity contribution < 1.29 is 4.79 Å². The molecule has 1 heterocycles. The van der Waals surface area contributed by atoms with E-state index in [4.69, 9.17) is 5.73 Å². The van der Waals surface area contributed by atoms with Gasteiger partial charge in [0.1, 0.15) is 10.7 Å². The van der Waals surface area contributed by atoms with Crippen molar-refractivity contribution in [1.82, 2.24) is 9.88 Å². The zero-order valence-electron chi connectivity index (χ0n) is 10.2. The smallest absolute Gasteiger partial charge is 0.267 e. The third-order valence-electron chi connectivity index (χ3n) is 3.12. The van der Waals surface area contributed by atoms with Crippen LogP contribution in [0.3, 0.4) is 0 Å². The number of hydrogen-bond acceptors (Lipinski definition) is 5. The molecule has 17 heavy (non-hydrogen) atoms. The molecule has 0 radical (unpaired) electrons. The molecule has 0 spiro atoms. The van der Waals surface area contributed by atoms with E-state index < -0.39 is 0 Å². The van der Waals surface area contributed by atoms with Gasteiger partial charge in [0.15, 0.2) is 5.13 Å². The monoisotopic (exact) mass is 254 g/mol. The number of nitrogens with two attached hydrogens (primary N) is 1. The molecule has 0 bridgehead atoms. The van der Waals surface area contributed by atoms with Crippen LogP contribution in [0.1, 0.15) is 35.9 Å². The van der Waals surface area contributed by atoms with E-state index in [0.717, 1.165) is 24.5 Å². The van der Waals surface area contributed by atoms with E-state index in [9.17, 15) is 4.79 Å². The number of thiazole rings is 1. The second-order valence-electron chi connectivity index (χ2n) is 4.26. The Morgan fingerprint density at radius 1 is 1.65 bits per heavy atom. The van der Waals surface area contributed by atoms with Gasteiger partial charge in [-0.15, -0.1) is 0 Å². The number of aromatic nitrogens is 1. The fourth-order valence-corrected chi connectivity index (χ4v) is 2.75. The van der Waals surface area contributed by atoms with Gasteiger partial charge >= 0.3 is 0 Å². The van der Waals surface area contributed by atoms with Crippen LogP contribution >= 0.6 is 11.3 Å². The van der Waals surface area contributed by atoms with Crippen molar-refractivity contribution in [2.24, 2.45) is 0 Å². The highest BCUT2D eigenvalue weighted by Crippen LogP contribution is 2.30. The zero-order chi connectivity index (χ0) is 12.4. The van der Waals surface area contributed by atoms with Crippen molar-refractivity contribution in [3.63, 3.8) is 0 Å². The minimum Gasteiger partial charge on any atom is -0.382 e. The molecule has 6 heteroatoms. The van der Waals surface area contributed by atoms with Crippen molar-refractivity contribution in [3.8, 4) is 0 Å². The summed E-state index contributed by atoms with van der Waals surface area (Å²) in [7, 11) is 1.85. The molecule has 1 aromatic heterocycles. The molecule has 1 amide bonds. The third-order valence-corrected chi connectivity index (χ3v) is 4.14. The van der Waals surface area contributed by atoms with E-state index in [-0.39, 0.29) is 5.91 Å². The van der Waals surface area contributed by atoms with Crippen LogP contribution in [0.15, 0.2) is 0 Å². The van der Waals surface area contributed by atoms with E-state index >= 15 is 0 Å². The van der Waals surface area contributed by atoms with Gasteiger partial charge in [-0.05, 0) is 26.2 Å². The predicted molar refractivity (Wildman–Crippen MR) is 70.4 cm³/mol. The Morgan fingerprint density at radius 3 is 2.88 bits per heavy atom. The second-order valence-corrected chi connectivity index (χ2v) is 5.26. The first kappa shape index (κ1) is 12.2. The first-order chi connectivity index (χ1) is 8.13. The molecule has 0 aromatic carbocycles. The molecule has 1 aliphatic carbocycles. The Balaban J connectivity index is 2.12. The maximum absolute atomic E-state index is 12.2. The van der Waals surface area contributed by atoms with Crippen molar-refractivity contribution in [2.75, 3.05) is 24.6 Å². The van der Waals surface area contributed by atoms with E-state index in [0.29, 0.717) is 16.7 Å². The first-order valence-electron chi connectivity index (χ1n) is 5.90. The fraction of sp³-hybridized carbons (Fsp3) is 0.636. The molecular formula is C11H18N4OS. The van der Waals surface area contributed by atoms with Crippen LogP contribution in [0.5, 0.6) is 0 Å². The van der Waals surface area contributed by atoms with Gasteiger partial charge in [-0.3, -0.25) is 4.79 Å². The van der Waals surface area contributed by atoms with Gasteiger partial charge in [-0.1, -0.05) is 11.3 Å². The Morgan fingerprint density at radius 2 is 2.35 bits per heavy atom. The standard InChI is InChI=1S/C11H18N4OS/c1-3-13-11-14-9(12)8(17-11)10(16)15(2)7-5-4-6-7/h7H,3-6,12H2,1-2H3,(H,13,14). The van der Waals surface area contributed by atoms with Gasteiger partial charge < -0.3 is 16.0 Å². The quantitative estimate of drug-likeness (QED) is 0.859. The van der Waals surface area contributed by atoms with E-state index in [1.54, 1.807) is 4.90 Å². The van der Waals surface area contributed by atoms with Crippen LogP contribution in [0, 0.1) is 0 Å². The average molecular weight is 254 g/mol. The minimum atomic E-state index is -0.00569. The lowest BCUT2D eigenvalue weighted by Gasteiger charge is -2.34. The molecule has 0 saturated heterocycles. The first-order valence-corrected chi connectivity index (χ1v) is 6.72. The summed E-state index contributed by atoms with van der Waals surface area (Å²) >= 11 is 1.33. The summed E-state index contributed by atoms with van der Waals surface area (Å²) < 4.78 is 0. The molecule has 1 fully saturated rings. The zero-order valence-corrected chi connectivity index (χ0v) is 11.0. The summed E-state index contributed by atoms with van der Waals surface area (Å²) in [6.45, 7) is 2.76. The summed E-state index contributed by atoms with van der Waals surface area (Å²) in [5, 5.41) is 3.79. The van der Waals surface area contributed by atoms with Crippen LogP contribution in [-0.2, 0) is 0 Å². The molecule has 3 N–H and O–H groups in total. The molecule has 1 aliphatic rings. The Kier molecular flexibility index (Phi) is 3.51. The topological polar surface area (TPSA) is 71.2 Å². The summed E-state index contributed by atoms with van der Waals surface area (Å²) in [4.78, 5) is 18.7. The summed E-state index contributed by atoms with van der Waals surface area (Å²) in [6.07, 6.45) is 3.41. The van der Waals surface area contributed by atoms with E-state index in [2.05, 4.69) is 10.3 Å². The predicted octanol–water partition coefficient (Wildman–Crippen LogP) is 1.78. The van der Waals surface area contributed by atoms with Crippen molar-refractivity contribution >= 4 is 28.2 Å². The van der Waals surface area contributed by atoms with Crippen LogP contribution < -0.4 is 11.1 Å². The van der Waals surface area contributed by atoms with Crippen molar-refractivity contribution in [3.05, 3.63) is 4.88 Å². The molecule has 0 atom stereocenters. The number of nitrogen functional groups attached to an aromatic ring is 1. The number of carbonyl (C=O) groups is 1. The maximum Gasteiger partial charge on any atom is 0.267 e. The highest BCUT2D eigenvalue weighted by Gasteiger charge is 2.28. The molecule has 0 aliphatic heterocycles. The van der Waals surface area contributed by atoms with Gasteiger partial charge in [0.25, 0.3) is 5.91 Å². The molecule has 1 saturated carbocycles. The number of rotatable bonds is 4. The van der Waals surface area contributed by atoms with Gasteiger partial charge in [0, 0.05) is 19.6 Å². The molecule has 5 nitrogen and oxygen atoms in total. The minimum absolute atomic E-state index is 0.00569. The van der Waals surface area contributed by atoms with Gasteiger partial charge in [-0.25, -0.2) is 4.98 Å².